The molecule has 5 nitrogen and oxygen atoms in total. The van der Waals surface area contributed by atoms with E-state index >= 15 is 0 Å². The largest absolute Gasteiger partial charge is 0.328 e. The van der Waals surface area contributed by atoms with Crippen LogP contribution in [0.15, 0.2) is 30.5 Å². The molecule has 25 heavy (non-hydrogen) atoms. The van der Waals surface area contributed by atoms with Crippen LogP contribution in [0.2, 0.25) is 10.0 Å². The average Bonchev–Trinajstić information content (AvgIpc) is 2.61. The lowest BCUT2D eigenvalue weighted by Crippen LogP contribution is -2.49. The van der Waals surface area contributed by atoms with Crippen LogP contribution in [0.25, 0.3) is 0 Å². The highest BCUT2D eigenvalue weighted by molar-refractivity contribution is 6.33. The summed E-state index contributed by atoms with van der Waals surface area (Å²) in [5.74, 6) is 0.554. The number of amides is 1. The maximum absolute atomic E-state index is 13.2. The van der Waals surface area contributed by atoms with Gasteiger partial charge in [0.15, 0.2) is 5.69 Å². The predicted molar refractivity (Wildman–Crippen MR) is 99.2 cm³/mol. The van der Waals surface area contributed by atoms with Crippen molar-refractivity contribution in [1.82, 2.24) is 20.2 Å². The summed E-state index contributed by atoms with van der Waals surface area (Å²) < 4.78 is 0. The summed E-state index contributed by atoms with van der Waals surface area (Å²) >= 11 is 12.3. The standard InChI is InChI=1S/C18H20Cl2N4O/c1-11(2)17-22-9-14(20)16(23-17)18(25)24-7-6-21-10-15(24)12-4-3-5-13(19)8-12/h3-5,8-9,11,15,21H,6-7,10H2,1-2H3. The Labute approximate surface area is 157 Å². The number of carbonyl (C=O) groups is 1. The summed E-state index contributed by atoms with van der Waals surface area (Å²) in [6.45, 7) is 5.93. The van der Waals surface area contributed by atoms with Gasteiger partial charge in [-0.1, -0.05) is 49.2 Å². The van der Waals surface area contributed by atoms with E-state index in [1.807, 2.05) is 38.1 Å². The van der Waals surface area contributed by atoms with Crippen LogP contribution in [0, 0.1) is 0 Å². The lowest BCUT2D eigenvalue weighted by Gasteiger charge is -2.36. The Morgan fingerprint density at radius 2 is 2.16 bits per heavy atom. The van der Waals surface area contributed by atoms with Crippen molar-refractivity contribution in [3.8, 4) is 0 Å². The minimum absolute atomic E-state index is 0.117. The molecule has 1 saturated heterocycles. The van der Waals surface area contributed by atoms with Crippen molar-refractivity contribution in [2.75, 3.05) is 19.6 Å². The normalized spacial score (nSPS) is 17.8. The average molecular weight is 379 g/mol. The van der Waals surface area contributed by atoms with Crippen LogP contribution in [-0.2, 0) is 0 Å². The number of halogens is 2. The Morgan fingerprint density at radius 3 is 2.88 bits per heavy atom. The molecule has 1 unspecified atom stereocenters. The second kappa shape index (κ2) is 7.68. The third-order valence-corrected chi connectivity index (χ3v) is 4.73. The second-order valence-electron chi connectivity index (χ2n) is 6.35. The summed E-state index contributed by atoms with van der Waals surface area (Å²) in [6.07, 6.45) is 1.51. The molecule has 0 saturated carbocycles. The zero-order valence-corrected chi connectivity index (χ0v) is 15.7. The Kier molecular flexibility index (Phi) is 5.57. The van der Waals surface area contributed by atoms with Gasteiger partial charge in [0.25, 0.3) is 5.91 Å². The van der Waals surface area contributed by atoms with Gasteiger partial charge in [-0.15, -0.1) is 0 Å². The quantitative estimate of drug-likeness (QED) is 0.884. The van der Waals surface area contributed by atoms with Crippen LogP contribution in [0.4, 0.5) is 0 Å². The molecule has 1 aliphatic heterocycles. The van der Waals surface area contributed by atoms with Crippen LogP contribution < -0.4 is 5.32 Å². The number of rotatable bonds is 3. The van der Waals surface area contributed by atoms with Crippen molar-refractivity contribution < 1.29 is 4.79 Å². The van der Waals surface area contributed by atoms with Crippen LogP contribution in [0.3, 0.4) is 0 Å². The maximum atomic E-state index is 13.2. The van der Waals surface area contributed by atoms with Crippen LogP contribution in [0.1, 0.15) is 47.7 Å². The van der Waals surface area contributed by atoms with E-state index in [-0.39, 0.29) is 28.6 Å². The third kappa shape index (κ3) is 3.94. The summed E-state index contributed by atoms with van der Waals surface area (Å²) in [4.78, 5) is 23.6. The number of hydrogen-bond acceptors (Lipinski definition) is 4. The highest BCUT2D eigenvalue weighted by atomic mass is 35.5. The fourth-order valence-corrected chi connectivity index (χ4v) is 3.27. The number of piperazine rings is 1. The first kappa shape index (κ1) is 18.1. The lowest BCUT2D eigenvalue weighted by atomic mass is 10.0. The van der Waals surface area contributed by atoms with Crippen molar-refractivity contribution in [1.29, 1.82) is 0 Å². The van der Waals surface area contributed by atoms with Crippen molar-refractivity contribution in [2.24, 2.45) is 0 Å². The topological polar surface area (TPSA) is 58.1 Å². The Hall–Kier alpha value is -1.69. The molecule has 1 fully saturated rings. The van der Waals surface area contributed by atoms with Gasteiger partial charge in [0, 0.05) is 30.6 Å². The summed E-state index contributed by atoms with van der Waals surface area (Å²) in [6, 6.07) is 7.46. The Balaban J connectivity index is 1.95. The zero-order valence-electron chi connectivity index (χ0n) is 14.2. The summed E-state index contributed by atoms with van der Waals surface area (Å²) in [5.41, 5.74) is 1.25. The molecule has 1 aromatic heterocycles. The van der Waals surface area contributed by atoms with Gasteiger partial charge in [-0.2, -0.15) is 0 Å². The SMILES string of the molecule is CC(C)c1ncc(Cl)c(C(=O)N2CCNCC2c2cccc(Cl)c2)n1. The predicted octanol–water partition coefficient (Wildman–Crippen LogP) is 3.69. The number of aromatic nitrogens is 2. The van der Waals surface area contributed by atoms with E-state index in [2.05, 4.69) is 15.3 Å². The van der Waals surface area contributed by atoms with Crippen molar-refractivity contribution in [3.05, 3.63) is 57.6 Å². The maximum Gasteiger partial charge on any atom is 0.274 e. The van der Waals surface area contributed by atoms with Gasteiger partial charge >= 0.3 is 0 Å². The number of nitrogens with zero attached hydrogens (tertiary/aromatic N) is 3. The van der Waals surface area contributed by atoms with Gasteiger partial charge in [0.05, 0.1) is 17.3 Å². The van der Waals surface area contributed by atoms with E-state index in [1.165, 1.54) is 6.20 Å². The fraction of sp³-hybridized carbons (Fsp3) is 0.389. The molecule has 1 aromatic carbocycles. The molecule has 1 atom stereocenters. The van der Waals surface area contributed by atoms with Gasteiger partial charge in [-0.3, -0.25) is 4.79 Å². The molecule has 0 bridgehead atoms. The molecule has 2 heterocycles. The van der Waals surface area contributed by atoms with E-state index in [1.54, 1.807) is 4.90 Å². The molecule has 1 N–H and O–H groups in total. The van der Waals surface area contributed by atoms with Gasteiger partial charge in [0.2, 0.25) is 0 Å². The minimum Gasteiger partial charge on any atom is -0.328 e. The van der Waals surface area contributed by atoms with Crippen LogP contribution >= 0.6 is 23.2 Å². The molecule has 0 spiro atoms. The molecular weight excluding hydrogens is 359 g/mol. The van der Waals surface area contributed by atoms with Crippen molar-refractivity contribution in [2.45, 2.75) is 25.8 Å². The molecule has 2 aromatic rings. The van der Waals surface area contributed by atoms with Gasteiger partial charge in [-0.25, -0.2) is 9.97 Å². The van der Waals surface area contributed by atoms with E-state index < -0.39 is 0 Å². The van der Waals surface area contributed by atoms with Crippen LogP contribution in [0.5, 0.6) is 0 Å². The monoisotopic (exact) mass is 378 g/mol. The summed E-state index contributed by atoms with van der Waals surface area (Å²) in [7, 11) is 0. The number of benzene rings is 1. The minimum atomic E-state index is -0.180. The van der Waals surface area contributed by atoms with Crippen molar-refractivity contribution in [3.63, 3.8) is 0 Å². The molecule has 1 amide bonds. The molecule has 3 rings (SSSR count). The first-order chi connectivity index (χ1) is 12.0. The summed E-state index contributed by atoms with van der Waals surface area (Å²) in [5, 5.41) is 4.26. The highest BCUT2D eigenvalue weighted by Gasteiger charge is 2.31. The molecule has 1 aliphatic rings. The first-order valence-corrected chi connectivity index (χ1v) is 9.02. The second-order valence-corrected chi connectivity index (χ2v) is 7.20. The van der Waals surface area contributed by atoms with Gasteiger partial charge in [0.1, 0.15) is 5.82 Å². The van der Waals surface area contributed by atoms with Crippen molar-refractivity contribution >= 4 is 29.1 Å². The first-order valence-electron chi connectivity index (χ1n) is 8.27. The molecule has 132 valence electrons. The third-order valence-electron chi connectivity index (χ3n) is 4.22. The smallest absolute Gasteiger partial charge is 0.274 e. The fourth-order valence-electron chi connectivity index (χ4n) is 2.90. The molecular formula is C18H20Cl2N4O. The highest BCUT2D eigenvalue weighted by Crippen LogP contribution is 2.27. The van der Waals surface area contributed by atoms with Crippen LogP contribution in [-0.4, -0.2) is 40.4 Å². The molecule has 0 radical (unpaired) electrons. The van der Waals surface area contributed by atoms with E-state index in [0.717, 1.165) is 12.1 Å². The van der Waals surface area contributed by atoms with E-state index in [0.29, 0.717) is 23.9 Å². The molecule has 7 heteroatoms. The Bertz CT molecular complexity index is 781. The zero-order chi connectivity index (χ0) is 18.0. The molecule has 0 aliphatic carbocycles. The number of hydrogen-bond donors (Lipinski definition) is 1. The number of nitrogens with one attached hydrogen (secondary N) is 1. The lowest BCUT2D eigenvalue weighted by molar-refractivity contribution is 0.0628. The van der Waals surface area contributed by atoms with E-state index in [9.17, 15) is 4.79 Å². The van der Waals surface area contributed by atoms with Gasteiger partial charge < -0.3 is 10.2 Å². The number of carbonyl (C=O) groups excluding carboxylic acids is 1. The van der Waals surface area contributed by atoms with E-state index in [4.69, 9.17) is 23.2 Å². The Morgan fingerprint density at radius 1 is 1.36 bits per heavy atom. The van der Waals surface area contributed by atoms with Gasteiger partial charge in [-0.05, 0) is 17.7 Å².